The Kier molecular flexibility index (Phi) is 5.73. The Balaban J connectivity index is 1.58. The molecule has 0 spiro atoms. The number of rotatable bonds is 6. The number of hydrogen-bond acceptors (Lipinski definition) is 5. The number of ether oxygens (including phenoxy) is 1. The Morgan fingerprint density at radius 1 is 1.44 bits per heavy atom. The average Bonchev–Trinajstić information content (AvgIpc) is 3.30. The molecular weight excluding hydrogens is 353 g/mol. The summed E-state index contributed by atoms with van der Waals surface area (Å²) in [5.74, 6) is -0.0384. The zero-order chi connectivity index (χ0) is 19.4. The van der Waals surface area contributed by atoms with Gasteiger partial charge in [0.15, 0.2) is 12.3 Å². The number of amides is 2. The maximum Gasteiger partial charge on any atom is 0.275 e. The predicted molar refractivity (Wildman–Crippen MR) is 94.6 cm³/mol. The minimum Gasteiger partial charge on any atom is -0.484 e. The van der Waals surface area contributed by atoms with E-state index < -0.39 is 5.82 Å². The lowest BCUT2D eigenvalue weighted by Gasteiger charge is -2.26. The average molecular weight is 375 g/mol. The number of carbonyl (C=O) groups is 2. The first-order valence-corrected chi connectivity index (χ1v) is 8.87. The van der Waals surface area contributed by atoms with Gasteiger partial charge in [-0.05, 0) is 25.5 Å². The summed E-state index contributed by atoms with van der Waals surface area (Å²) in [4.78, 5) is 31.9. The topological polar surface area (TPSA) is 75.9 Å². The van der Waals surface area contributed by atoms with Gasteiger partial charge in [0.2, 0.25) is 11.8 Å². The minimum atomic E-state index is -0.397. The smallest absolute Gasteiger partial charge is 0.275 e. The van der Waals surface area contributed by atoms with E-state index in [9.17, 15) is 14.0 Å². The molecule has 0 aliphatic carbocycles. The Labute approximate surface area is 156 Å². The fourth-order valence-electron chi connectivity index (χ4n) is 3.26. The SMILES string of the molecule is CCN(C(C)=O)[C@H]1CCN(C(=O)c2coc(COc3cccc(F)c3)n2)C1. The first-order chi connectivity index (χ1) is 13.0. The van der Waals surface area contributed by atoms with Gasteiger partial charge in [0, 0.05) is 32.6 Å². The maximum absolute atomic E-state index is 13.1. The van der Waals surface area contributed by atoms with Crippen LogP contribution in [0, 0.1) is 5.82 Å². The van der Waals surface area contributed by atoms with Crippen molar-refractivity contribution in [3.63, 3.8) is 0 Å². The molecule has 2 heterocycles. The molecule has 0 saturated carbocycles. The summed E-state index contributed by atoms with van der Waals surface area (Å²) in [6.07, 6.45) is 2.04. The van der Waals surface area contributed by atoms with Crippen LogP contribution in [0.15, 0.2) is 34.9 Å². The molecule has 1 saturated heterocycles. The highest BCUT2D eigenvalue weighted by molar-refractivity contribution is 5.92. The van der Waals surface area contributed by atoms with Crippen molar-refractivity contribution in [1.82, 2.24) is 14.8 Å². The summed E-state index contributed by atoms with van der Waals surface area (Å²) < 4.78 is 23.9. The normalized spacial score (nSPS) is 16.4. The van der Waals surface area contributed by atoms with Crippen molar-refractivity contribution in [2.45, 2.75) is 32.9 Å². The summed E-state index contributed by atoms with van der Waals surface area (Å²) in [5.41, 5.74) is 0.194. The minimum absolute atomic E-state index is 0.00664. The van der Waals surface area contributed by atoms with Crippen LogP contribution in [0.3, 0.4) is 0 Å². The van der Waals surface area contributed by atoms with Crippen LogP contribution >= 0.6 is 0 Å². The van der Waals surface area contributed by atoms with Crippen LogP contribution < -0.4 is 4.74 Å². The lowest BCUT2D eigenvalue weighted by atomic mass is 10.2. The van der Waals surface area contributed by atoms with E-state index in [1.165, 1.54) is 25.3 Å². The number of oxazole rings is 1. The molecule has 0 bridgehead atoms. The molecule has 1 aromatic heterocycles. The number of halogens is 1. The van der Waals surface area contributed by atoms with E-state index in [-0.39, 0.29) is 36.0 Å². The van der Waals surface area contributed by atoms with E-state index >= 15 is 0 Å². The van der Waals surface area contributed by atoms with Gasteiger partial charge in [-0.3, -0.25) is 9.59 Å². The molecule has 1 aromatic carbocycles. The lowest BCUT2D eigenvalue weighted by molar-refractivity contribution is -0.130. The van der Waals surface area contributed by atoms with Crippen LogP contribution in [0.1, 0.15) is 36.6 Å². The highest BCUT2D eigenvalue weighted by Crippen LogP contribution is 2.19. The molecule has 0 N–H and O–H groups in total. The standard InChI is InChI=1S/C19H22FN3O4/c1-3-23(13(2)24)15-7-8-22(10-15)19(25)17-11-27-18(21-17)12-26-16-6-4-5-14(20)9-16/h4-6,9,11,15H,3,7-8,10,12H2,1-2H3/t15-/m0/s1. The van der Waals surface area contributed by atoms with E-state index in [1.807, 2.05) is 6.92 Å². The largest absolute Gasteiger partial charge is 0.484 e. The molecule has 3 rings (SSSR count). The number of aromatic nitrogens is 1. The molecule has 144 valence electrons. The van der Waals surface area contributed by atoms with Crippen LogP contribution in [0.2, 0.25) is 0 Å². The number of nitrogens with zero attached hydrogens (tertiary/aromatic N) is 3. The summed E-state index contributed by atoms with van der Waals surface area (Å²) in [6, 6.07) is 5.77. The van der Waals surface area contributed by atoms with Gasteiger partial charge in [-0.1, -0.05) is 6.07 Å². The molecule has 2 amide bonds. The molecule has 27 heavy (non-hydrogen) atoms. The van der Waals surface area contributed by atoms with E-state index in [2.05, 4.69) is 4.98 Å². The van der Waals surface area contributed by atoms with Gasteiger partial charge in [0.25, 0.3) is 5.91 Å². The van der Waals surface area contributed by atoms with Crippen molar-refractivity contribution in [2.75, 3.05) is 19.6 Å². The molecule has 0 unspecified atom stereocenters. The van der Waals surface area contributed by atoms with Crippen LogP contribution in [-0.2, 0) is 11.4 Å². The van der Waals surface area contributed by atoms with Gasteiger partial charge in [0.05, 0.1) is 6.04 Å². The van der Waals surface area contributed by atoms with E-state index in [0.717, 1.165) is 6.42 Å². The van der Waals surface area contributed by atoms with E-state index in [1.54, 1.807) is 21.9 Å². The molecule has 0 radical (unpaired) electrons. The summed E-state index contributed by atoms with van der Waals surface area (Å²) in [7, 11) is 0. The first kappa shape index (κ1) is 18.9. The monoisotopic (exact) mass is 375 g/mol. The van der Waals surface area contributed by atoms with Crippen molar-refractivity contribution in [3.8, 4) is 5.75 Å². The van der Waals surface area contributed by atoms with Gasteiger partial charge in [-0.15, -0.1) is 0 Å². The quantitative estimate of drug-likeness (QED) is 0.775. The highest BCUT2D eigenvalue weighted by atomic mass is 19.1. The predicted octanol–water partition coefficient (Wildman–Crippen LogP) is 2.48. The molecular formula is C19H22FN3O4. The van der Waals surface area contributed by atoms with Gasteiger partial charge >= 0.3 is 0 Å². The second kappa shape index (κ2) is 8.20. The number of hydrogen-bond donors (Lipinski definition) is 0. The molecule has 1 atom stereocenters. The Morgan fingerprint density at radius 2 is 2.26 bits per heavy atom. The summed E-state index contributed by atoms with van der Waals surface area (Å²) in [6.45, 7) is 5.12. The molecule has 2 aromatic rings. The number of likely N-dealkylation sites (N-methyl/N-ethyl adjacent to an activating group) is 1. The van der Waals surface area contributed by atoms with Crippen LogP contribution in [0.25, 0.3) is 0 Å². The zero-order valence-corrected chi connectivity index (χ0v) is 15.4. The van der Waals surface area contributed by atoms with Gasteiger partial charge < -0.3 is 19.0 Å². The third kappa shape index (κ3) is 4.45. The van der Waals surface area contributed by atoms with E-state index in [0.29, 0.717) is 25.4 Å². The highest BCUT2D eigenvalue weighted by Gasteiger charge is 2.32. The van der Waals surface area contributed by atoms with Gasteiger partial charge in [-0.2, -0.15) is 0 Å². The van der Waals surface area contributed by atoms with Crippen LogP contribution in [0.5, 0.6) is 5.75 Å². The van der Waals surface area contributed by atoms with Crippen molar-refractivity contribution in [1.29, 1.82) is 0 Å². The van der Waals surface area contributed by atoms with Crippen LogP contribution in [0.4, 0.5) is 4.39 Å². The summed E-state index contributed by atoms with van der Waals surface area (Å²) >= 11 is 0. The number of likely N-dealkylation sites (tertiary alicyclic amines) is 1. The molecule has 7 nitrogen and oxygen atoms in total. The van der Waals surface area contributed by atoms with Gasteiger partial charge in [-0.25, -0.2) is 9.37 Å². The molecule has 8 heteroatoms. The van der Waals surface area contributed by atoms with Gasteiger partial charge in [0.1, 0.15) is 17.8 Å². The third-order valence-electron chi connectivity index (χ3n) is 4.57. The second-order valence-electron chi connectivity index (χ2n) is 6.37. The van der Waals surface area contributed by atoms with Crippen molar-refractivity contribution < 1.29 is 23.1 Å². The molecule has 1 aliphatic rings. The first-order valence-electron chi connectivity index (χ1n) is 8.87. The zero-order valence-electron chi connectivity index (χ0n) is 15.4. The van der Waals surface area contributed by atoms with Crippen LogP contribution in [-0.4, -0.2) is 52.3 Å². The Hall–Kier alpha value is -2.90. The number of benzene rings is 1. The second-order valence-corrected chi connectivity index (χ2v) is 6.37. The lowest BCUT2D eigenvalue weighted by Crippen LogP contribution is -2.41. The Morgan fingerprint density at radius 3 is 2.96 bits per heavy atom. The number of carbonyl (C=O) groups excluding carboxylic acids is 2. The third-order valence-corrected chi connectivity index (χ3v) is 4.57. The fourth-order valence-corrected chi connectivity index (χ4v) is 3.26. The van der Waals surface area contributed by atoms with Crippen molar-refractivity contribution in [2.24, 2.45) is 0 Å². The summed E-state index contributed by atoms with van der Waals surface area (Å²) in [5, 5.41) is 0. The van der Waals surface area contributed by atoms with Crippen molar-refractivity contribution >= 4 is 11.8 Å². The Bertz CT molecular complexity index is 823. The molecule has 1 fully saturated rings. The maximum atomic E-state index is 13.1. The van der Waals surface area contributed by atoms with E-state index in [4.69, 9.17) is 9.15 Å². The van der Waals surface area contributed by atoms with Crippen molar-refractivity contribution in [3.05, 3.63) is 47.9 Å². The fraction of sp³-hybridized carbons (Fsp3) is 0.421. The molecule has 1 aliphatic heterocycles.